The summed E-state index contributed by atoms with van der Waals surface area (Å²) in [6, 6.07) is 0. The molecule has 1 fully saturated rings. The van der Waals surface area contributed by atoms with Gasteiger partial charge in [-0.25, -0.2) is 4.79 Å². The number of aliphatic hydroxyl groups is 2. The highest BCUT2D eigenvalue weighted by molar-refractivity contribution is 5.67. The Morgan fingerprint density at radius 3 is 2.68 bits per heavy atom. The van der Waals surface area contributed by atoms with E-state index in [-0.39, 0.29) is 11.8 Å². The van der Waals surface area contributed by atoms with E-state index in [9.17, 15) is 15.0 Å². The summed E-state index contributed by atoms with van der Waals surface area (Å²) in [5.74, 6) is 5.42. The van der Waals surface area contributed by atoms with Gasteiger partial charge in [0.1, 0.15) is 6.10 Å². The molecule has 0 aromatic carbocycles. The summed E-state index contributed by atoms with van der Waals surface area (Å²) in [4.78, 5) is 15.3. The van der Waals surface area contributed by atoms with Crippen molar-refractivity contribution in [3.8, 4) is 11.8 Å². The topological polar surface area (TPSA) is 99.0 Å². The molecule has 0 radical (unpaired) electrons. The van der Waals surface area contributed by atoms with Gasteiger partial charge >= 0.3 is 5.97 Å². The van der Waals surface area contributed by atoms with Crippen LogP contribution >= 0.6 is 0 Å². The van der Waals surface area contributed by atoms with Crippen LogP contribution < -0.4 is 5.48 Å². The zero-order valence-corrected chi connectivity index (χ0v) is 15.0. The molecule has 0 saturated heterocycles. The molecule has 140 valence electrons. The summed E-state index contributed by atoms with van der Waals surface area (Å²) >= 11 is 0. The van der Waals surface area contributed by atoms with Crippen molar-refractivity contribution >= 4 is 5.97 Å². The fourth-order valence-corrected chi connectivity index (χ4v) is 3.60. The van der Waals surface area contributed by atoms with Gasteiger partial charge < -0.3 is 15.3 Å². The summed E-state index contributed by atoms with van der Waals surface area (Å²) in [6.07, 6.45) is 3.99. The Morgan fingerprint density at radius 2 is 2.04 bits per heavy atom. The highest BCUT2D eigenvalue weighted by Crippen LogP contribution is 2.48. The van der Waals surface area contributed by atoms with Crippen LogP contribution in [-0.2, 0) is 9.63 Å². The lowest BCUT2D eigenvalue weighted by atomic mass is 9.83. The van der Waals surface area contributed by atoms with Gasteiger partial charge in [0, 0.05) is 11.6 Å². The van der Waals surface area contributed by atoms with Crippen molar-refractivity contribution in [2.45, 2.75) is 64.6 Å². The summed E-state index contributed by atoms with van der Waals surface area (Å²) in [5.41, 5.74) is 4.57. The third-order valence-corrected chi connectivity index (χ3v) is 5.35. The molecule has 0 spiro atoms. The zero-order chi connectivity index (χ0) is 18.4. The highest BCUT2D eigenvalue weighted by Gasteiger charge is 2.45. The van der Waals surface area contributed by atoms with Crippen LogP contribution in [0.4, 0.5) is 0 Å². The summed E-state index contributed by atoms with van der Waals surface area (Å²) in [5, 5.41) is 28.9. The SMILES string of the molecule is CCC(CC)CCC(O)C#CC1CC2=C(NOCC(=O)O)CC2C1O. The van der Waals surface area contributed by atoms with E-state index in [1.807, 2.05) is 0 Å². The van der Waals surface area contributed by atoms with Crippen LogP contribution in [-0.4, -0.2) is 40.1 Å². The van der Waals surface area contributed by atoms with Gasteiger partial charge in [-0.15, -0.1) is 0 Å². The third-order valence-electron chi connectivity index (χ3n) is 5.35. The second kappa shape index (κ2) is 9.23. The molecule has 1 saturated carbocycles. The van der Waals surface area contributed by atoms with E-state index in [1.54, 1.807) is 0 Å². The fourth-order valence-electron chi connectivity index (χ4n) is 3.60. The Bertz CT molecular complexity index is 558. The number of hydrogen-bond donors (Lipinski definition) is 4. The van der Waals surface area contributed by atoms with Crippen LogP contribution in [0.2, 0.25) is 0 Å². The van der Waals surface area contributed by atoms with E-state index in [2.05, 4.69) is 31.2 Å². The van der Waals surface area contributed by atoms with Crippen molar-refractivity contribution in [2.75, 3.05) is 6.61 Å². The smallest absolute Gasteiger partial charge is 0.332 e. The molecule has 25 heavy (non-hydrogen) atoms. The molecule has 2 rings (SSSR count). The second-order valence-electron chi connectivity index (χ2n) is 6.96. The van der Waals surface area contributed by atoms with Crippen molar-refractivity contribution in [2.24, 2.45) is 17.8 Å². The molecule has 0 bridgehead atoms. The first kappa shape index (κ1) is 19.8. The minimum atomic E-state index is -1.04. The zero-order valence-electron chi connectivity index (χ0n) is 15.0. The molecule has 0 heterocycles. The number of carboxylic acid groups (broad SMARTS) is 1. The van der Waals surface area contributed by atoms with Gasteiger partial charge in [0.15, 0.2) is 6.61 Å². The van der Waals surface area contributed by atoms with Crippen molar-refractivity contribution in [3.63, 3.8) is 0 Å². The molecule has 0 aromatic heterocycles. The van der Waals surface area contributed by atoms with Crippen LogP contribution in [0, 0.1) is 29.6 Å². The Labute approximate surface area is 149 Å². The molecule has 4 N–H and O–H groups in total. The number of carbonyl (C=O) groups is 1. The van der Waals surface area contributed by atoms with Crippen LogP contribution in [0.15, 0.2) is 11.3 Å². The number of hydroxylamine groups is 1. The van der Waals surface area contributed by atoms with Crippen LogP contribution in [0.1, 0.15) is 52.4 Å². The first-order chi connectivity index (χ1) is 12.0. The van der Waals surface area contributed by atoms with Crippen molar-refractivity contribution in [1.82, 2.24) is 5.48 Å². The molecule has 2 aliphatic carbocycles. The fraction of sp³-hybridized carbons (Fsp3) is 0.737. The number of allylic oxidation sites excluding steroid dienone is 1. The number of hydrogen-bond acceptors (Lipinski definition) is 5. The summed E-state index contributed by atoms with van der Waals surface area (Å²) in [7, 11) is 0. The highest BCUT2D eigenvalue weighted by atomic mass is 16.7. The Morgan fingerprint density at radius 1 is 1.32 bits per heavy atom. The van der Waals surface area contributed by atoms with Gasteiger partial charge in [-0.05, 0) is 37.2 Å². The van der Waals surface area contributed by atoms with E-state index < -0.39 is 24.8 Å². The molecule has 6 heteroatoms. The van der Waals surface area contributed by atoms with Gasteiger partial charge in [0.25, 0.3) is 0 Å². The predicted octanol–water partition coefficient (Wildman–Crippen LogP) is 1.83. The summed E-state index contributed by atoms with van der Waals surface area (Å²) < 4.78 is 0. The van der Waals surface area contributed by atoms with Crippen molar-refractivity contribution in [3.05, 3.63) is 11.3 Å². The molecule has 2 aliphatic rings. The van der Waals surface area contributed by atoms with E-state index >= 15 is 0 Å². The van der Waals surface area contributed by atoms with Gasteiger partial charge in [-0.3, -0.25) is 10.3 Å². The molecule has 0 aliphatic heterocycles. The van der Waals surface area contributed by atoms with E-state index in [0.29, 0.717) is 25.2 Å². The molecule has 0 amide bonds. The Hall–Kier alpha value is -1.55. The standard InChI is InChI=1S/C19H29NO5/c1-3-12(4-2)5-7-14(21)8-6-13-9-15-16(19(13)24)10-17(15)20-25-11-18(22)23/h12-14,16,19-21,24H,3-5,7,9-11H2,1-2H3,(H,22,23). The third kappa shape index (κ3) is 5.21. The van der Waals surface area contributed by atoms with Crippen LogP contribution in [0.3, 0.4) is 0 Å². The largest absolute Gasteiger partial charge is 0.479 e. The Balaban J connectivity index is 1.83. The molecular formula is C19H29NO5. The Kier molecular flexibility index (Phi) is 7.30. The van der Waals surface area contributed by atoms with E-state index in [0.717, 1.165) is 30.5 Å². The number of nitrogens with one attached hydrogen (secondary N) is 1. The average molecular weight is 351 g/mol. The number of rotatable bonds is 9. The molecule has 0 aromatic rings. The number of fused-ring (bicyclic) bond motifs is 1. The monoisotopic (exact) mass is 351 g/mol. The van der Waals surface area contributed by atoms with Gasteiger partial charge in [0.2, 0.25) is 0 Å². The first-order valence-corrected chi connectivity index (χ1v) is 9.14. The van der Waals surface area contributed by atoms with E-state index in [4.69, 9.17) is 9.94 Å². The minimum Gasteiger partial charge on any atom is -0.479 e. The molecule has 4 unspecified atom stereocenters. The van der Waals surface area contributed by atoms with Crippen LogP contribution in [0.5, 0.6) is 0 Å². The maximum absolute atomic E-state index is 10.4. The lowest BCUT2D eigenvalue weighted by molar-refractivity contribution is -0.144. The normalized spacial score (nSPS) is 25.9. The number of aliphatic carboxylic acids is 1. The molecular weight excluding hydrogens is 322 g/mol. The van der Waals surface area contributed by atoms with Gasteiger partial charge in [0.05, 0.1) is 12.0 Å². The van der Waals surface area contributed by atoms with Gasteiger partial charge in [-0.1, -0.05) is 38.5 Å². The molecule has 4 atom stereocenters. The molecule has 6 nitrogen and oxygen atoms in total. The van der Waals surface area contributed by atoms with Crippen LogP contribution in [0.25, 0.3) is 0 Å². The summed E-state index contributed by atoms with van der Waals surface area (Å²) in [6.45, 7) is 3.92. The maximum Gasteiger partial charge on any atom is 0.332 e. The maximum atomic E-state index is 10.4. The van der Waals surface area contributed by atoms with Crippen molar-refractivity contribution in [1.29, 1.82) is 0 Å². The average Bonchev–Trinajstić information content (AvgIpc) is 2.81. The van der Waals surface area contributed by atoms with Gasteiger partial charge in [-0.2, -0.15) is 0 Å². The quantitative estimate of drug-likeness (QED) is 0.374. The van der Waals surface area contributed by atoms with E-state index in [1.165, 1.54) is 0 Å². The lowest BCUT2D eigenvalue weighted by Crippen LogP contribution is -2.32. The lowest BCUT2D eigenvalue weighted by Gasteiger charge is -2.30. The first-order valence-electron chi connectivity index (χ1n) is 9.14. The second-order valence-corrected chi connectivity index (χ2v) is 6.96. The predicted molar refractivity (Wildman–Crippen MR) is 93.1 cm³/mol. The number of aliphatic hydroxyl groups excluding tert-OH is 2. The van der Waals surface area contributed by atoms with Crippen molar-refractivity contribution < 1.29 is 25.0 Å². The minimum absolute atomic E-state index is 0.0666. The number of carboxylic acids is 1.